The summed E-state index contributed by atoms with van der Waals surface area (Å²) >= 11 is 0. The summed E-state index contributed by atoms with van der Waals surface area (Å²) in [5, 5.41) is 4.91. The smallest absolute Gasteiger partial charge is 0.127 e. The first-order valence-electron chi connectivity index (χ1n) is 8.15. The molecule has 3 rings (SSSR count). The molecule has 112 valence electrons. The van der Waals surface area contributed by atoms with E-state index in [0.29, 0.717) is 5.92 Å². The van der Waals surface area contributed by atoms with Crippen molar-refractivity contribution in [2.45, 2.75) is 32.6 Å². The van der Waals surface area contributed by atoms with Gasteiger partial charge < -0.3 is 4.79 Å². The average Bonchev–Trinajstić information content (AvgIpc) is 2.57. The van der Waals surface area contributed by atoms with Crippen LogP contribution in [0.4, 0.5) is 0 Å². The molecular weight excluding hydrogens is 268 g/mol. The molecule has 0 spiro atoms. The van der Waals surface area contributed by atoms with E-state index in [-0.39, 0.29) is 5.92 Å². The Balaban J connectivity index is 2.24. The van der Waals surface area contributed by atoms with Crippen LogP contribution in [0.2, 0.25) is 0 Å². The number of benzene rings is 3. The Morgan fingerprint density at radius 3 is 2.14 bits per heavy atom. The molecule has 1 heteroatoms. The van der Waals surface area contributed by atoms with E-state index in [9.17, 15) is 4.79 Å². The van der Waals surface area contributed by atoms with Crippen molar-refractivity contribution in [2.24, 2.45) is 5.92 Å². The van der Waals surface area contributed by atoms with Crippen molar-refractivity contribution in [1.82, 2.24) is 0 Å². The first kappa shape index (κ1) is 14.8. The SMILES string of the molecule is CCC(CC)C(C=O)c1cccc2cc3ccccc3cc12. The number of carbonyl (C=O) groups is 1. The molecule has 0 bridgehead atoms. The van der Waals surface area contributed by atoms with Crippen molar-refractivity contribution < 1.29 is 4.79 Å². The fourth-order valence-corrected chi connectivity index (χ4v) is 3.52. The fourth-order valence-electron chi connectivity index (χ4n) is 3.52. The van der Waals surface area contributed by atoms with Crippen molar-refractivity contribution in [3.05, 3.63) is 60.2 Å². The monoisotopic (exact) mass is 290 g/mol. The lowest BCUT2D eigenvalue weighted by atomic mass is 9.81. The van der Waals surface area contributed by atoms with E-state index in [1.54, 1.807) is 0 Å². The van der Waals surface area contributed by atoms with Crippen molar-refractivity contribution >= 4 is 27.8 Å². The average molecular weight is 290 g/mol. The van der Waals surface area contributed by atoms with E-state index in [2.05, 4.69) is 68.4 Å². The van der Waals surface area contributed by atoms with E-state index in [4.69, 9.17) is 0 Å². The molecule has 0 N–H and O–H groups in total. The molecular formula is C21H22O. The maximum Gasteiger partial charge on any atom is 0.127 e. The Morgan fingerprint density at radius 1 is 0.864 bits per heavy atom. The lowest BCUT2D eigenvalue weighted by Crippen LogP contribution is -2.13. The Morgan fingerprint density at radius 2 is 1.50 bits per heavy atom. The van der Waals surface area contributed by atoms with Crippen LogP contribution in [0.15, 0.2) is 54.6 Å². The van der Waals surface area contributed by atoms with Gasteiger partial charge in [0.05, 0.1) is 0 Å². The molecule has 0 saturated heterocycles. The van der Waals surface area contributed by atoms with Crippen molar-refractivity contribution in [3.8, 4) is 0 Å². The van der Waals surface area contributed by atoms with Gasteiger partial charge >= 0.3 is 0 Å². The van der Waals surface area contributed by atoms with Gasteiger partial charge in [-0.2, -0.15) is 0 Å². The van der Waals surface area contributed by atoms with Crippen LogP contribution in [0.5, 0.6) is 0 Å². The highest BCUT2D eigenvalue weighted by molar-refractivity contribution is 6.00. The molecule has 0 aliphatic carbocycles. The summed E-state index contributed by atoms with van der Waals surface area (Å²) in [6.45, 7) is 4.34. The van der Waals surface area contributed by atoms with Gasteiger partial charge in [-0.15, -0.1) is 0 Å². The summed E-state index contributed by atoms with van der Waals surface area (Å²) in [6.07, 6.45) is 3.20. The van der Waals surface area contributed by atoms with E-state index in [0.717, 1.165) is 19.1 Å². The van der Waals surface area contributed by atoms with Gasteiger partial charge in [-0.1, -0.05) is 69.2 Å². The van der Waals surface area contributed by atoms with Gasteiger partial charge in [-0.05, 0) is 45.2 Å². The van der Waals surface area contributed by atoms with Crippen LogP contribution in [-0.2, 0) is 4.79 Å². The molecule has 0 aliphatic rings. The summed E-state index contributed by atoms with van der Waals surface area (Å²) in [7, 11) is 0. The summed E-state index contributed by atoms with van der Waals surface area (Å²) in [6, 6.07) is 19.2. The lowest BCUT2D eigenvalue weighted by Gasteiger charge is -2.22. The molecule has 0 radical (unpaired) electrons. The molecule has 1 nitrogen and oxygen atoms in total. The second-order valence-corrected chi connectivity index (χ2v) is 6.01. The van der Waals surface area contributed by atoms with Gasteiger partial charge in [0, 0.05) is 5.92 Å². The second-order valence-electron chi connectivity index (χ2n) is 6.01. The molecule has 0 heterocycles. The zero-order valence-electron chi connectivity index (χ0n) is 13.3. The molecule has 3 aromatic rings. The van der Waals surface area contributed by atoms with Gasteiger partial charge in [-0.25, -0.2) is 0 Å². The summed E-state index contributed by atoms with van der Waals surface area (Å²) in [5.74, 6) is 0.398. The maximum absolute atomic E-state index is 11.8. The van der Waals surface area contributed by atoms with E-state index in [1.807, 2.05) is 0 Å². The third-order valence-corrected chi connectivity index (χ3v) is 4.84. The molecule has 22 heavy (non-hydrogen) atoms. The fraction of sp³-hybridized carbons (Fsp3) is 0.286. The predicted octanol–water partition coefficient (Wildman–Crippen LogP) is 5.71. The zero-order chi connectivity index (χ0) is 15.5. The molecule has 0 fully saturated rings. The number of fused-ring (bicyclic) bond motifs is 2. The first-order chi connectivity index (χ1) is 10.8. The Bertz CT molecular complexity index is 799. The Labute approximate surface area is 132 Å². The summed E-state index contributed by atoms with van der Waals surface area (Å²) in [5.41, 5.74) is 1.17. The quantitative estimate of drug-likeness (QED) is 0.434. The van der Waals surface area contributed by atoms with Crippen LogP contribution in [-0.4, -0.2) is 6.29 Å². The van der Waals surface area contributed by atoms with Crippen LogP contribution < -0.4 is 0 Å². The normalized spacial score (nSPS) is 12.9. The van der Waals surface area contributed by atoms with Crippen LogP contribution in [0.3, 0.4) is 0 Å². The summed E-state index contributed by atoms with van der Waals surface area (Å²) in [4.78, 5) is 11.8. The molecule has 0 saturated carbocycles. The van der Waals surface area contributed by atoms with Gasteiger partial charge in [0.25, 0.3) is 0 Å². The molecule has 0 aliphatic heterocycles. The third-order valence-electron chi connectivity index (χ3n) is 4.84. The van der Waals surface area contributed by atoms with Crippen molar-refractivity contribution in [2.75, 3.05) is 0 Å². The van der Waals surface area contributed by atoms with Crippen molar-refractivity contribution in [3.63, 3.8) is 0 Å². The number of hydrogen-bond donors (Lipinski definition) is 0. The third kappa shape index (κ3) is 2.52. The summed E-state index contributed by atoms with van der Waals surface area (Å²) < 4.78 is 0. The van der Waals surface area contributed by atoms with Crippen molar-refractivity contribution in [1.29, 1.82) is 0 Å². The largest absolute Gasteiger partial charge is 0.303 e. The lowest BCUT2D eigenvalue weighted by molar-refractivity contribution is -0.110. The molecule has 1 unspecified atom stereocenters. The number of aldehydes is 1. The standard InChI is InChI=1S/C21H22O/c1-3-15(4-2)21(14-22)19-11-7-10-18-12-16-8-5-6-9-17(16)13-20(18)19/h5-15,21H,3-4H2,1-2H3. The van der Waals surface area contributed by atoms with Gasteiger partial charge in [0.2, 0.25) is 0 Å². The van der Waals surface area contributed by atoms with E-state index >= 15 is 0 Å². The minimum Gasteiger partial charge on any atom is -0.303 e. The van der Waals surface area contributed by atoms with Gasteiger partial charge in [0.15, 0.2) is 0 Å². The van der Waals surface area contributed by atoms with Gasteiger partial charge in [-0.3, -0.25) is 0 Å². The second kappa shape index (κ2) is 6.31. The van der Waals surface area contributed by atoms with Crippen LogP contribution in [0, 0.1) is 5.92 Å². The van der Waals surface area contributed by atoms with Gasteiger partial charge in [0.1, 0.15) is 6.29 Å². The molecule has 0 aromatic heterocycles. The highest BCUT2D eigenvalue weighted by Crippen LogP contribution is 2.34. The predicted molar refractivity (Wildman–Crippen MR) is 94.3 cm³/mol. The van der Waals surface area contributed by atoms with Crippen LogP contribution >= 0.6 is 0 Å². The zero-order valence-corrected chi connectivity index (χ0v) is 13.3. The van der Waals surface area contributed by atoms with Crippen LogP contribution in [0.1, 0.15) is 38.2 Å². The molecule has 0 amide bonds. The first-order valence-corrected chi connectivity index (χ1v) is 8.15. The molecule has 1 atom stereocenters. The van der Waals surface area contributed by atoms with Crippen LogP contribution in [0.25, 0.3) is 21.5 Å². The highest BCUT2D eigenvalue weighted by Gasteiger charge is 2.21. The topological polar surface area (TPSA) is 17.1 Å². The minimum absolute atomic E-state index is 0.0140. The van der Waals surface area contributed by atoms with E-state index in [1.165, 1.54) is 27.1 Å². The number of hydrogen-bond acceptors (Lipinski definition) is 1. The Hall–Kier alpha value is -2.15. The van der Waals surface area contributed by atoms with E-state index < -0.39 is 0 Å². The molecule has 3 aromatic carbocycles. The maximum atomic E-state index is 11.8. The minimum atomic E-state index is -0.0140. The highest BCUT2D eigenvalue weighted by atomic mass is 16.1. The number of rotatable bonds is 5. The Kier molecular flexibility index (Phi) is 4.24. The number of carbonyl (C=O) groups excluding carboxylic acids is 1.